The third-order valence-electron chi connectivity index (χ3n) is 5.32. The quantitative estimate of drug-likeness (QED) is 0.608. The van der Waals surface area contributed by atoms with Crippen LogP contribution in [0, 0.1) is 6.92 Å². The molecule has 168 valence electrons. The normalized spacial score (nSPS) is 17.9. The smallest absolute Gasteiger partial charge is 0.410 e. The Kier molecular flexibility index (Phi) is 7.50. The van der Waals surface area contributed by atoms with Crippen molar-refractivity contribution < 1.29 is 19.4 Å². The Balaban J connectivity index is 1.71. The number of ether oxygens (including phenoxy) is 2. The van der Waals surface area contributed by atoms with Crippen molar-refractivity contribution in [2.24, 2.45) is 0 Å². The van der Waals surface area contributed by atoms with Crippen molar-refractivity contribution in [3.05, 3.63) is 64.2 Å². The van der Waals surface area contributed by atoms with Gasteiger partial charge in [0.2, 0.25) is 0 Å². The Morgan fingerprint density at radius 1 is 1.23 bits per heavy atom. The topological polar surface area (TPSA) is 59.0 Å². The number of carbonyl (C=O) groups excluding carboxylic acids is 1. The summed E-state index contributed by atoms with van der Waals surface area (Å²) in [6.45, 7) is 8.46. The minimum absolute atomic E-state index is 0.314. The number of carbonyl (C=O) groups is 1. The highest BCUT2D eigenvalue weighted by molar-refractivity contribution is 6.32. The Bertz CT molecular complexity index is 909. The predicted molar refractivity (Wildman–Crippen MR) is 123 cm³/mol. The van der Waals surface area contributed by atoms with Gasteiger partial charge in [-0.3, -0.25) is 0 Å². The molecule has 1 heterocycles. The van der Waals surface area contributed by atoms with Crippen molar-refractivity contribution in [2.45, 2.75) is 71.3 Å². The first-order valence-electron chi connectivity index (χ1n) is 10.8. The number of nitrogens with zero attached hydrogens (tertiary/aromatic N) is 1. The molecular formula is C25H32ClNO4. The molecule has 1 N–H and O–H groups in total. The highest BCUT2D eigenvalue weighted by Crippen LogP contribution is 2.31. The van der Waals surface area contributed by atoms with Crippen LogP contribution in [0.3, 0.4) is 0 Å². The lowest BCUT2D eigenvalue weighted by Gasteiger charge is -2.39. The van der Waals surface area contributed by atoms with Crippen LogP contribution in [0.4, 0.5) is 4.79 Å². The number of aliphatic hydroxyl groups is 1. The van der Waals surface area contributed by atoms with E-state index in [4.69, 9.17) is 21.1 Å². The maximum atomic E-state index is 12.7. The Labute approximate surface area is 189 Å². The first kappa shape index (κ1) is 23.4. The molecule has 1 fully saturated rings. The molecule has 1 saturated heterocycles. The number of aryl methyl sites for hydroxylation is 1. The Morgan fingerprint density at radius 3 is 2.71 bits per heavy atom. The molecule has 0 saturated carbocycles. The molecule has 0 bridgehead atoms. The van der Waals surface area contributed by atoms with Gasteiger partial charge in [-0.25, -0.2) is 4.79 Å². The summed E-state index contributed by atoms with van der Waals surface area (Å²) in [5.74, 6) is 0.626. The standard InChI is InChI=1S/C25H32ClNO4/c1-17-11-12-22(20(26)14-17)30-16-18-8-7-9-19(15-18)23(28)21-10-5-6-13-27(21)24(29)31-25(2,3)4/h7-9,11-12,14-15,21,23,28H,5-6,10,13,16H2,1-4H3. The third kappa shape index (κ3) is 6.37. The first-order chi connectivity index (χ1) is 14.6. The van der Waals surface area contributed by atoms with Gasteiger partial charge in [0.15, 0.2) is 0 Å². The second-order valence-corrected chi connectivity index (χ2v) is 9.56. The van der Waals surface area contributed by atoms with E-state index in [0.29, 0.717) is 23.9 Å². The van der Waals surface area contributed by atoms with Gasteiger partial charge >= 0.3 is 6.09 Å². The molecule has 6 heteroatoms. The number of halogens is 1. The number of aliphatic hydroxyl groups excluding tert-OH is 1. The molecular weight excluding hydrogens is 414 g/mol. The maximum absolute atomic E-state index is 12.7. The van der Waals surface area contributed by atoms with Crippen molar-refractivity contribution in [1.82, 2.24) is 4.90 Å². The second-order valence-electron chi connectivity index (χ2n) is 9.15. The molecule has 0 spiro atoms. The second kappa shape index (κ2) is 9.92. The van der Waals surface area contributed by atoms with Crippen LogP contribution < -0.4 is 4.74 Å². The largest absolute Gasteiger partial charge is 0.487 e. The van der Waals surface area contributed by atoms with Crippen LogP contribution in [0.15, 0.2) is 42.5 Å². The van der Waals surface area contributed by atoms with Crippen molar-refractivity contribution >= 4 is 17.7 Å². The molecule has 2 atom stereocenters. The third-order valence-corrected chi connectivity index (χ3v) is 5.61. The maximum Gasteiger partial charge on any atom is 0.410 e. The zero-order valence-electron chi connectivity index (χ0n) is 18.7. The summed E-state index contributed by atoms with van der Waals surface area (Å²) in [6, 6.07) is 13.0. The van der Waals surface area contributed by atoms with E-state index in [9.17, 15) is 9.90 Å². The molecule has 2 aromatic rings. The van der Waals surface area contributed by atoms with Gasteiger partial charge in [-0.05, 0) is 81.8 Å². The highest BCUT2D eigenvalue weighted by Gasteiger charge is 2.35. The number of piperidine rings is 1. The Morgan fingerprint density at radius 2 is 2.00 bits per heavy atom. The van der Waals surface area contributed by atoms with Crippen LogP contribution in [-0.4, -0.2) is 34.3 Å². The monoisotopic (exact) mass is 445 g/mol. The molecule has 5 nitrogen and oxygen atoms in total. The summed E-state index contributed by atoms with van der Waals surface area (Å²) in [7, 11) is 0. The molecule has 0 aromatic heterocycles. The summed E-state index contributed by atoms with van der Waals surface area (Å²) < 4.78 is 11.4. The van der Waals surface area contributed by atoms with Gasteiger partial charge in [0.25, 0.3) is 0 Å². The van der Waals surface area contributed by atoms with Crippen molar-refractivity contribution in [3.63, 3.8) is 0 Å². The van der Waals surface area contributed by atoms with Crippen LogP contribution in [-0.2, 0) is 11.3 Å². The average Bonchev–Trinajstić information content (AvgIpc) is 2.71. The number of likely N-dealkylation sites (tertiary alicyclic amines) is 1. The molecule has 1 aliphatic rings. The van der Waals surface area contributed by atoms with E-state index in [1.807, 2.05) is 70.2 Å². The van der Waals surface area contributed by atoms with E-state index in [0.717, 1.165) is 36.0 Å². The van der Waals surface area contributed by atoms with Crippen LogP contribution >= 0.6 is 11.6 Å². The van der Waals surface area contributed by atoms with Gasteiger partial charge in [-0.15, -0.1) is 0 Å². The van der Waals surface area contributed by atoms with E-state index in [1.54, 1.807) is 4.90 Å². The SMILES string of the molecule is Cc1ccc(OCc2cccc(C(O)C3CCCCN3C(=O)OC(C)(C)C)c2)c(Cl)c1. The minimum Gasteiger partial charge on any atom is -0.487 e. The lowest BCUT2D eigenvalue weighted by molar-refractivity contribution is -0.0169. The van der Waals surface area contributed by atoms with Gasteiger partial charge in [0.05, 0.1) is 17.2 Å². The molecule has 31 heavy (non-hydrogen) atoms. The molecule has 0 aliphatic carbocycles. The lowest BCUT2D eigenvalue weighted by Crippen LogP contribution is -2.48. The van der Waals surface area contributed by atoms with Gasteiger partial charge < -0.3 is 19.5 Å². The Hall–Kier alpha value is -2.24. The first-order valence-corrected chi connectivity index (χ1v) is 11.2. The van der Waals surface area contributed by atoms with E-state index in [2.05, 4.69) is 0 Å². The van der Waals surface area contributed by atoms with Crippen LogP contribution in [0.5, 0.6) is 5.75 Å². The van der Waals surface area contributed by atoms with Gasteiger partial charge in [0.1, 0.15) is 18.0 Å². The molecule has 2 aromatic carbocycles. The van der Waals surface area contributed by atoms with Gasteiger partial charge in [-0.1, -0.05) is 35.9 Å². The van der Waals surface area contributed by atoms with Crippen molar-refractivity contribution in [2.75, 3.05) is 6.54 Å². The van der Waals surface area contributed by atoms with Gasteiger partial charge in [0, 0.05) is 6.54 Å². The van der Waals surface area contributed by atoms with Crippen molar-refractivity contribution in [3.8, 4) is 5.75 Å². The van der Waals surface area contributed by atoms with E-state index in [-0.39, 0.29) is 12.1 Å². The van der Waals surface area contributed by atoms with Crippen LogP contribution in [0.25, 0.3) is 0 Å². The average molecular weight is 446 g/mol. The lowest BCUT2D eigenvalue weighted by atomic mass is 9.92. The fourth-order valence-corrected chi connectivity index (χ4v) is 4.10. The van der Waals surface area contributed by atoms with E-state index < -0.39 is 11.7 Å². The summed E-state index contributed by atoms with van der Waals surface area (Å²) in [4.78, 5) is 14.4. The zero-order valence-corrected chi connectivity index (χ0v) is 19.5. The molecule has 2 unspecified atom stereocenters. The van der Waals surface area contributed by atoms with Crippen molar-refractivity contribution in [1.29, 1.82) is 0 Å². The number of amides is 1. The molecule has 3 rings (SSSR count). The molecule has 1 aliphatic heterocycles. The van der Waals surface area contributed by atoms with E-state index >= 15 is 0 Å². The van der Waals surface area contributed by atoms with Gasteiger partial charge in [-0.2, -0.15) is 0 Å². The van der Waals surface area contributed by atoms with E-state index in [1.165, 1.54) is 0 Å². The summed E-state index contributed by atoms with van der Waals surface area (Å²) >= 11 is 6.26. The highest BCUT2D eigenvalue weighted by atomic mass is 35.5. The number of benzene rings is 2. The minimum atomic E-state index is -0.796. The summed E-state index contributed by atoms with van der Waals surface area (Å²) in [6.07, 6.45) is 1.45. The summed E-state index contributed by atoms with van der Waals surface area (Å²) in [5.41, 5.74) is 2.19. The predicted octanol–water partition coefficient (Wildman–Crippen LogP) is 6.05. The molecule has 1 amide bonds. The fourth-order valence-electron chi connectivity index (χ4n) is 3.81. The number of hydrogen-bond donors (Lipinski definition) is 1. The summed E-state index contributed by atoms with van der Waals surface area (Å²) in [5, 5.41) is 11.7. The fraction of sp³-hybridized carbons (Fsp3) is 0.480. The zero-order chi connectivity index (χ0) is 22.6. The van der Waals surface area contributed by atoms with Crippen LogP contribution in [0.2, 0.25) is 5.02 Å². The molecule has 0 radical (unpaired) electrons. The number of rotatable bonds is 5. The van der Waals surface area contributed by atoms with Crippen LogP contribution in [0.1, 0.15) is 62.8 Å². The number of hydrogen-bond acceptors (Lipinski definition) is 4.